The molecule has 128 valence electrons. The normalized spacial score (nSPS) is 25.5. The first-order chi connectivity index (χ1) is 11.6. The average molecular weight is 328 g/mol. The van der Waals surface area contributed by atoms with Crippen LogP contribution >= 0.6 is 0 Å². The lowest BCUT2D eigenvalue weighted by molar-refractivity contribution is -0.137. The van der Waals surface area contributed by atoms with Crippen molar-refractivity contribution in [3.8, 4) is 0 Å². The fourth-order valence-corrected chi connectivity index (χ4v) is 4.31. The molecule has 1 aromatic carbocycles. The smallest absolute Gasteiger partial charge is 0.326 e. The number of para-hydroxylation sites is 2. The van der Waals surface area contributed by atoms with Gasteiger partial charge in [0.2, 0.25) is 5.91 Å². The van der Waals surface area contributed by atoms with Crippen molar-refractivity contribution in [1.82, 2.24) is 14.5 Å². The molecule has 4 rings (SSSR count). The Kier molecular flexibility index (Phi) is 3.92. The Hall–Kier alpha value is -2.08. The summed E-state index contributed by atoms with van der Waals surface area (Å²) in [5, 5.41) is 0. The van der Waals surface area contributed by atoms with Crippen molar-refractivity contribution in [3.05, 3.63) is 34.7 Å². The molecule has 3 N–H and O–H groups in total. The standard InChI is InChI=1S/C18H24N4O2/c19-14-5-3-4-13(14)17(23)21-10-8-12(9-11-21)22-16-7-2-1-6-15(16)20-18(22)24/h1-2,6-7,12-14H,3-5,8-11,19H2,(H,20,24). The Morgan fingerprint density at radius 3 is 2.58 bits per heavy atom. The number of amides is 1. The molecule has 2 fully saturated rings. The Morgan fingerprint density at radius 2 is 1.88 bits per heavy atom. The van der Waals surface area contributed by atoms with Crippen LogP contribution in [0.2, 0.25) is 0 Å². The van der Waals surface area contributed by atoms with Crippen LogP contribution in [-0.2, 0) is 4.79 Å². The zero-order valence-electron chi connectivity index (χ0n) is 13.8. The summed E-state index contributed by atoms with van der Waals surface area (Å²) in [5.41, 5.74) is 7.84. The second-order valence-corrected chi connectivity index (χ2v) is 7.08. The van der Waals surface area contributed by atoms with E-state index in [0.717, 1.165) is 43.1 Å². The third-order valence-corrected chi connectivity index (χ3v) is 5.65. The number of aromatic nitrogens is 2. The van der Waals surface area contributed by atoms with Crippen LogP contribution in [0.25, 0.3) is 11.0 Å². The molecular weight excluding hydrogens is 304 g/mol. The van der Waals surface area contributed by atoms with E-state index in [1.807, 2.05) is 33.7 Å². The van der Waals surface area contributed by atoms with Crippen LogP contribution in [-0.4, -0.2) is 39.5 Å². The van der Waals surface area contributed by atoms with Crippen LogP contribution in [0, 0.1) is 5.92 Å². The van der Waals surface area contributed by atoms with Gasteiger partial charge in [-0.2, -0.15) is 0 Å². The Bertz CT molecular complexity index is 801. The molecule has 6 nitrogen and oxygen atoms in total. The summed E-state index contributed by atoms with van der Waals surface area (Å²) in [5.74, 6) is 0.210. The molecule has 1 saturated heterocycles. The monoisotopic (exact) mass is 328 g/mol. The van der Waals surface area contributed by atoms with E-state index in [0.29, 0.717) is 13.1 Å². The first-order valence-corrected chi connectivity index (χ1v) is 8.89. The van der Waals surface area contributed by atoms with E-state index in [1.54, 1.807) is 0 Å². The Morgan fingerprint density at radius 1 is 1.12 bits per heavy atom. The molecule has 0 spiro atoms. The first kappa shape index (κ1) is 15.4. The number of imidazole rings is 1. The highest BCUT2D eigenvalue weighted by atomic mass is 16.2. The summed E-state index contributed by atoms with van der Waals surface area (Å²) in [6.45, 7) is 1.41. The number of nitrogens with one attached hydrogen (secondary N) is 1. The fourth-order valence-electron chi connectivity index (χ4n) is 4.31. The van der Waals surface area contributed by atoms with Crippen LogP contribution < -0.4 is 11.4 Å². The van der Waals surface area contributed by atoms with Crippen LogP contribution in [0.15, 0.2) is 29.1 Å². The number of rotatable bonds is 2. The van der Waals surface area contributed by atoms with Crippen LogP contribution in [0.5, 0.6) is 0 Å². The molecule has 24 heavy (non-hydrogen) atoms. The molecule has 0 radical (unpaired) electrons. The van der Waals surface area contributed by atoms with E-state index in [2.05, 4.69) is 4.98 Å². The maximum atomic E-state index is 12.7. The predicted molar refractivity (Wildman–Crippen MR) is 92.7 cm³/mol. The molecule has 6 heteroatoms. The second kappa shape index (κ2) is 6.09. The van der Waals surface area contributed by atoms with Gasteiger partial charge in [0.1, 0.15) is 0 Å². The molecule has 1 aliphatic carbocycles. The fraction of sp³-hybridized carbons (Fsp3) is 0.556. The Labute approximate surface area is 140 Å². The lowest BCUT2D eigenvalue weighted by Gasteiger charge is -2.34. The molecule has 2 unspecified atom stereocenters. The third-order valence-electron chi connectivity index (χ3n) is 5.65. The number of carbonyl (C=O) groups is 1. The van der Waals surface area contributed by atoms with Gasteiger partial charge in [-0.1, -0.05) is 18.6 Å². The van der Waals surface area contributed by atoms with Gasteiger partial charge >= 0.3 is 5.69 Å². The SMILES string of the molecule is NC1CCCC1C(=O)N1CCC(n2c(=O)[nH]c3ccccc32)CC1. The van der Waals surface area contributed by atoms with Crippen molar-refractivity contribution >= 4 is 16.9 Å². The first-order valence-electron chi connectivity index (χ1n) is 8.89. The van der Waals surface area contributed by atoms with Gasteiger partial charge < -0.3 is 15.6 Å². The van der Waals surface area contributed by atoms with Gasteiger partial charge in [-0.25, -0.2) is 4.79 Å². The van der Waals surface area contributed by atoms with E-state index in [-0.39, 0.29) is 29.6 Å². The molecule has 1 saturated carbocycles. The van der Waals surface area contributed by atoms with Gasteiger partial charge in [0.25, 0.3) is 0 Å². The van der Waals surface area contributed by atoms with Gasteiger partial charge in [0, 0.05) is 25.2 Å². The molecule has 0 bridgehead atoms. The summed E-state index contributed by atoms with van der Waals surface area (Å²) in [4.78, 5) is 29.8. The van der Waals surface area contributed by atoms with Crippen molar-refractivity contribution in [2.45, 2.75) is 44.2 Å². The maximum Gasteiger partial charge on any atom is 0.326 e. The van der Waals surface area contributed by atoms with Crippen molar-refractivity contribution in [2.75, 3.05) is 13.1 Å². The number of benzene rings is 1. The van der Waals surface area contributed by atoms with E-state index in [9.17, 15) is 9.59 Å². The minimum Gasteiger partial charge on any atom is -0.342 e. The summed E-state index contributed by atoms with van der Waals surface area (Å²) >= 11 is 0. The number of aromatic amines is 1. The number of nitrogens with zero attached hydrogens (tertiary/aromatic N) is 2. The highest BCUT2D eigenvalue weighted by Gasteiger charge is 2.35. The minimum absolute atomic E-state index is 0.00244. The number of hydrogen-bond donors (Lipinski definition) is 2. The van der Waals surface area contributed by atoms with E-state index in [4.69, 9.17) is 5.73 Å². The molecule has 1 aromatic heterocycles. The summed E-state index contributed by atoms with van der Waals surface area (Å²) in [6.07, 6.45) is 4.56. The lowest BCUT2D eigenvalue weighted by Crippen LogP contribution is -2.46. The van der Waals surface area contributed by atoms with Crippen LogP contribution in [0.1, 0.15) is 38.1 Å². The number of nitrogens with two attached hydrogens (primary N) is 1. The van der Waals surface area contributed by atoms with E-state index < -0.39 is 0 Å². The number of piperidine rings is 1. The zero-order valence-corrected chi connectivity index (χ0v) is 13.8. The molecule has 2 aliphatic rings. The summed E-state index contributed by atoms with van der Waals surface area (Å²) in [7, 11) is 0. The molecular formula is C18H24N4O2. The molecule has 1 amide bonds. The maximum absolute atomic E-state index is 12.7. The van der Waals surface area contributed by atoms with E-state index in [1.165, 1.54) is 0 Å². The summed E-state index contributed by atoms with van der Waals surface area (Å²) < 4.78 is 1.86. The van der Waals surface area contributed by atoms with Gasteiger partial charge in [-0.05, 0) is 37.8 Å². The zero-order chi connectivity index (χ0) is 16.7. The van der Waals surface area contributed by atoms with Crippen LogP contribution in [0.4, 0.5) is 0 Å². The molecule has 1 aliphatic heterocycles. The molecule has 2 heterocycles. The van der Waals surface area contributed by atoms with E-state index >= 15 is 0 Å². The largest absolute Gasteiger partial charge is 0.342 e. The number of hydrogen-bond acceptors (Lipinski definition) is 3. The van der Waals surface area contributed by atoms with Crippen molar-refractivity contribution < 1.29 is 4.79 Å². The molecule has 2 atom stereocenters. The predicted octanol–water partition coefficient (Wildman–Crippen LogP) is 1.62. The van der Waals surface area contributed by atoms with Crippen LogP contribution in [0.3, 0.4) is 0 Å². The lowest BCUT2D eigenvalue weighted by atomic mass is 9.99. The van der Waals surface area contributed by atoms with Crippen molar-refractivity contribution in [1.29, 1.82) is 0 Å². The Balaban J connectivity index is 1.49. The molecule has 2 aromatic rings. The van der Waals surface area contributed by atoms with Gasteiger partial charge in [-0.15, -0.1) is 0 Å². The highest BCUT2D eigenvalue weighted by Crippen LogP contribution is 2.29. The van der Waals surface area contributed by atoms with Gasteiger partial charge in [-0.3, -0.25) is 9.36 Å². The highest BCUT2D eigenvalue weighted by molar-refractivity contribution is 5.80. The van der Waals surface area contributed by atoms with Crippen molar-refractivity contribution in [3.63, 3.8) is 0 Å². The topological polar surface area (TPSA) is 84.1 Å². The minimum atomic E-state index is -0.0567. The number of fused-ring (bicyclic) bond motifs is 1. The second-order valence-electron chi connectivity index (χ2n) is 7.08. The van der Waals surface area contributed by atoms with Gasteiger partial charge in [0.15, 0.2) is 0 Å². The number of H-pyrrole nitrogens is 1. The number of carbonyl (C=O) groups excluding carboxylic acids is 1. The third kappa shape index (κ3) is 2.55. The average Bonchev–Trinajstić information content (AvgIpc) is 3.16. The quantitative estimate of drug-likeness (QED) is 0.878. The number of likely N-dealkylation sites (tertiary alicyclic amines) is 1. The van der Waals surface area contributed by atoms with Crippen molar-refractivity contribution in [2.24, 2.45) is 11.7 Å². The van der Waals surface area contributed by atoms with Gasteiger partial charge in [0.05, 0.1) is 17.0 Å². The summed E-state index contributed by atoms with van der Waals surface area (Å²) in [6, 6.07) is 7.94.